The summed E-state index contributed by atoms with van der Waals surface area (Å²) >= 11 is 3.51. The van der Waals surface area contributed by atoms with Crippen LogP contribution in [0.3, 0.4) is 0 Å². The Balaban J connectivity index is 0.00000280. The number of nitrogens with one attached hydrogen (secondary N) is 1. The van der Waals surface area contributed by atoms with Gasteiger partial charge in [0.1, 0.15) is 0 Å². The largest absolute Gasteiger partial charge is 0.352 e. The van der Waals surface area contributed by atoms with Gasteiger partial charge >= 0.3 is 0 Å². The number of hydrogen-bond acceptors (Lipinski definition) is 3. The summed E-state index contributed by atoms with van der Waals surface area (Å²) in [6.07, 6.45) is 2.30. The molecule has 2 heterocycles. The third kappa shape index (κ3) is 6.32. The van der Waals surface area contributed by atoms with Crippen molar-refractivity contribution in [3.8, 4) is 0 Å². The molecule has 0 radical (unpaired) electrons. The second kappa shape index (κ2) is 11.3. The van der Waals surface area contributed by atoms with Gasteiger partial charge in [-0.3, -0.25) is 14.7 Å². The Hall–Kier alpha value is -0.870. The Labute approximate surface area is 193 Å². The summed E-state index contributed by atoms with van der Waals surface area (Å²) in [5.41, 5.74) is 2.53. The van der Waals surface area contributed by atoms with Gasteiger partial charge in [-0.15, -0.1) is 24.0 Å². The van der Waals surface area contributed by atoms with Gasteiger partial charge in [-0.1, -0.05) is 22.0 Å². The predicted molar refractivity (Wildman–Crippen MR) is 128 cm³/mol. The molecule has 2 fully saturated rings. The molecule has 2 saturated heterocycles. The first kappa shape index (κ1) is 23.4. The molecule has 156 valence electrons. The zero-order valence-corrected chi connectivity index (χ0v) is 20.7. The molecular formula is C20H31BrIN5O. The highest BCUT2D eigenvalue weighted by atomic mass is 127. The normalized spacial score (nSPS) is 18.2. The second-order valence-electron chi connectivity index (χ2n) is 7.32. The van der Waals surface area contributed by atoms with E-state index in [1.54, 1.807) is 0 Å². The van der Waals surface area contributed by atoms with Gasteiger partial charge in [0.15, 0.2) is 5.96 Å². The van der Waals surface area contributed by atoms with Crippen LogP contribution in [0.5, 0.6) is 0 Å². The number of rotatable bonds is 4. The van der Waals surface area contributed by atoms with Crippen LogP contribution < -0.4 is 5.32 Å². The number of carbonyl (C=O) groups excluding carboxylic acids is 1. The second-order valence-corrected chi connectivity index (χ2v) is 8.24. The highest BCUT2D eigenvalue weighted by molar-refractivity contribution is 14.0. The molecule has 8 heteroatoms. The topological polar surface area (TPSA) is 51.2 Å². The van der Waals surface area contributed by atoms with E-state index in [2.05, 4.69) is 61.2 Å². The lowest BCUT2D eigenvalue weighted by atomic mass is 10.1. The predicted octanol–water partition coefficient (Wildman–Crippen LogP) is 2.69. The quantitative estimate of drug-likeness (QED) is 0.348. The molecule has 0 saturated carbocycles. The van der Waals surface area contributed by atoms with E-state index in [4.69, 9.17) is 0 Å². The monoisotopic (exact) mass is 563 g/mol. The number of hydrogen-bond donors (Lipinski definition) is 1. The Morgan fingerprint density at radius 2 is 1.79 bits per heavy atom. The SMILES string of the molecule is CN=C(NCc1ccc(Br)cc1C)N1CCN(CC(=O)N2CCCC2)CC1.I. The van der Waals surface area contributed by atoms with Crippen LogP contribution in [-0.2, 0) is 11.3 Å². The number of nitrogens with zero attached hydrogens (tertiary/aromatic N) is 4. The van der Waals surface area contributed by atoms with Gasteiger partial charge in [-0.05, 0) is 43.0 Å². The standard InChI is InChI=1S/C20H30BrN5O.HI/c1-16-13-18(21)6-5-17(16)14-23-20(22-2)26-11-9-24(10-12-26)15-19(27)25-7-3-4-8-25;/h5-6,13H,3-4,7-12,14-15H2,1-2H3,(H,22,23);1H. The number of halogens is 2. The lowest BCUT2D eigenvalue weighted by molar-refractivity contribution is -0.131. The Morgan fingerprint density at radius 3 is 2.39 bits per heavy atom. The van der Waals surface area contributed by atoms with Gasteiger partial charge in [0.2, 0.25) is 5.91 Å². The Morgan fingerprint density at radius 1 is 1.11 bits per heavy atom. The average molecular weight is 564 g/mol. The van der Waals surface area contributed by atoms with Crippen molar-refractivity contribution in [2.24, 2.45) is 4.99 Å². The third-order valence-electron chi connectivity index (χ3n) is 5.44. The number of aryl methyl sites for hydroxylation is 1. The first-order valence-corrected chi connectivity index (χ1v) is 10.6. The lowest BCUT2D eigenvalue weighted by Gasteiger charge is -2.36. The van der Waals surface area contributed by atoms with Gasteiger partial charge in [-0.25, -0.2) is 0 Å². The lowest BCUT2D eigenvalue weighted by Crippen LogP contribution is -2.54. The zero-order valence-electron chi connectivity index (χ0n) is 16.8. The van der Waals surface area contributed by atoms with E-state index in [-0.39, 0.29) is 29.9 Å². The van der Waals surface area contributed by atoms with Crippen molar-refractivity contribution in [1.82, 2.24) is 20.0 Å². The molecule has 0 unspecified atom stereocenters. The van der Waals surface area contributed by atoms with Gasteiger partial charge in [0.05, 0.1) is 6.54 Å². The minimum atomic E-state index is 0. The van der Waals surface area contributed by atoms with Gasteiger partial charge in [0, 0.05) is 57.3 Å². The molecule has 3 rings (SSSR count). The minimum absolute atomic E-state index is 0. The molecule has 1 amide bonds. The Kier molecular flexibility index (Phi) is 9.49. The fraction of sp³-hybridized carbons (Fsp3) is 0.600. The number of piperazine rings is 1. The van der Waals surface area contributed by atoms with Crippen molar-refractivity contribution in [3.05, 3.63) is 33.8 Å². The van der Waals surface area contributed by atoms with Crippen LogP contribution in [0.1, 0.15) is 24.0 Å². The summed E-state index contributed by atoms with van der Waals surface area (Å²) in [5, 5.41) is 3.48. The highest BCUT2D eigenvalue weighted by Gasteiger charge is 2.24. The van der Waals surface area contributed by atoms with Crippen LogP contribution in [0.2, 0.25) is 0 Å². The summed E-state index contributed by atoms with van der Waals surface area (Å²) < 4.78 is 1.10. The van der Waals surface area contributed by atoms with Gasteiger partial charge < -0.3 is 15.1 Å². The number of benzene rings is 1. The van der Waals surface area contributed by atoms with Crippen molar-refractivity contribution in [3.63, 3.8) is 0 Å². The number of aliphatic imine (C=N–C) groups is 1. The fourth-order valence-corrected chi connectivity index (χ4v) is 4.22. The number of guanidine groups is 1. The molecule has 2 aliphatic heterocycles. The molecule has 28 heavy (non-hydrogen) atoms. The minimum Gasteiger partial charge on any atom is -0.352 e. The zero-order chi connectivity index (χ0) is 19.2. The summed E-state index contributed by atoms with van der Waals surface area (Å²) in [7, 11) is 1.83. The summed E-state index contributed by atoms with van der Waals surface area (Å²) in [6.45, 7) is 8.90. The molecule has 0 bridgehead atoms. The van der Waals surface area contributed by atoms with E-state index in [0.717, 1.165) is 69.1 Å². The highest BCUT2D eigenvalue weighted by Crippen LogP contribution is 2.16. The molecular weight excluding hydrogens is 533 g/mol. The van der Waals surface area contributed by atoms with Gasteiger partial charge in [0.25, 0.3) is 0 Å². The summed E-state index contributed by atoms with van der Waals surface area (Å²) in [5.74, 6) is 1.22. The third-order valence-corrected chi connectivity index (χ3v) is 5.94. The van der Waals surface area contributed by atoms with Crippen LogP contribution in [0, 0.1) is 6.92 Å². The smallest absolute Gasteiger partial charge is 0.236 e. The molecule has 6 nitrogen and oxygen atoms in total. The van der Waals surface area contributed by atoms with Crippen molar-refractivity contribution in [2.45, 2.75) is 26.3 Å². The maximum absolute atomic E-state index is 12.3. The molecule has 1 aromatic rings. The van der Waals surface area contributed by atoms with Crippen molar-refractivity contribution < 1.29 is 4.79 Å². The first-order valence-electron chi connectivity index (χ1n) is 9.77. The summed E-state index contributed by atoms with van der Waals surface area (Å²) in [4.78, 5) is 23.3. The molecule has 1 aromatic carbocycles. The van der Waals surface area contributed by atoms with Gasteiger partial charge in [-0.2, -0.15) is 0 Å². The number of carbonyl (C=O) groups is 1. The molecule has 0 aromatic heterocycles. The molecule has 2 aliphatic rings. The average Bonchev–Trinajstić information content (AvgIpc) is 3.20. The summed E-state index contributed by atoms with van der Waals surface area (Å²) in [6, 6.07) is 6.35. The molecule has 0 atom stereocenters. The van der Waals surface area contributed by atoms with Crippen molar-refractivity contribution in [2.75, 3.05) is 52.9 Å². The first-order chi connectivity index (χ1) is 13.1. The van der Waals surface area contributed by atoms with Crippen molar-refractivity contribution in [1.29, 1.82) is 0 Å². The number of amides is 1. The van der Waals surface area contributed by atoms with Crippen molar-refractivity contribution >= 4 is 51.8 Å². The van der Waals surface area contributed by atoms with E-state index in [1.807, 2.05) is 11.9 Å². The molecule has 0 aliphatic carbocycles. The number of likely N-dealkylation sites (tertiary alicyclic amines) is 1. The van der Waals surface area contributed by atoms with E-state index >= 15 is 0 Å². The van der Waals surface area contributed by atoms with Crippen LogP contribution in [-0.4, -0.2) is 79.4 Å². The van der Waals surface area contributed by atoms with E-state index in [1.165, 1.54) is 11.1 Å². The maximum atomic E-state index is 12.3. The maximum Gasteiger partial charge on any atom is 0.236 e. The fourth-order valence-electron chi connectivity index (χ4n) is 3.74. The van der Waals surface area contributed by atoms with E-state index < -0.39 is 0 Å². The molecule has 1 N–H and O–H groups in total. The van der Waals surface area contributed by atoms with E-state index in [0.29, 0.717) is 6.54 Å². The van der Waals surface area contributed by atoms with Crippen LogP contribution in [0.4, 0.5) is 0 Å². The van der Waals surface area contributed by atoms with E-state index in [9.17, 15) is 4.79 Å². The van der Waals surface area contributed by atoms with Crippen LogP contribution >= 0.6 is 39.9 Å². The molecule has 0 spiro atoms. The Bertz CT molecular complexity index is 685. The van der Waals surface area contributed by atoms with Crippen LogP contribution in [0.25, 0.3) is 0 Å². The van der Waals surface area contributed by atoms with Crippen LogP contribution in [0.15, 0.2) is 27.7 Å².